The molecule has 3 aromatic rings. The highest BCUT2D eigenvalue weighted by Crippen LogP contribution is 2.33. The molecule has 2 aliphatic rings. The highest BCUT2D eigenvalue weighted by Gasteiger charge is 2.28. The number of carbonyl (C=O) groups is 1. The second-order valence-corrected chi connectivity index (χ2v) is 10.0. The van der Waals surface area contributed by atoms with Crippen molar-refractivity contribution < 1.29 is 9.53 Å². The molecule has 9 heteroatoms. The monoisotopic (exact) mass is 463 g/mol. The molecular weight excluding hydrogens is 430 g/mol. The highest BCUT2D eigenvalue weighted by molar-refractivity contribution is 5.92. The summed E-state index contributed by atoms with van der Waals surface area (Å²) in [7, 11) is 0. The maximum atomic E-state index is 12.7. The van der Waals surface area contributed by atoms with Crippen molar-refractivity contribution in [3.63, 3.8) is 0 Å². The van der Waals surface area contributed by atoms with E-state index in [4.69, 9.17) is 14.7 Å². The lowest BCUT2D eigenvalue weighted by Gasteiger charge is -2.28. The number of fused-ring (bicyclic) bond motifs is 1. The van der Waals surface area contributed by atoms with Gasteiger partial charge in [0.25, 0.3) is 0 Å². The third-order valence-corrected chi connectivity index (χ3v) is 6.32. The number of hydrogen-bond donors (Lipinski definition) is 1. The second kappa shape index (κ2) is 9.12. The van der Waals surface area contributed by atoms with Gasteiger partial charge in [0, 0.05) is 62.6 Å². The zero-order chi connectivity index (χ0) is 23.7. The van der Waals surface area contributed by atoms with Gasteiger partial charge in [-0.15, -0.1) is 0 Å². The van der Waals surface area contributed by atoms with Crippen LogP contribution in [0.5, 0.6) is 0 Å². The molecule has 0 atom stereocenters. The molecule has 9 nitrogen and oxygen atoms in total. The molecule has 2 fully saturated rings. The number of nitrogens with zero attached hydrogens (tertiary/aromatic N) is 6. The van der Waals surface area contributed by atoms with Gasteiger partial charge < -0.3 is 24.4 Å². The van der Waals surface area contributed by atoms with E-state index in [1.807, 2.05) is 50.2 Å². The zero-order valence-corrected chi connectivity index (χ0v) is 20.3. The summed E-state index contributed by atoms with van der Waals surface area (Å²) < 4.78 is 5.61. The molecule has 0 aromatic carbocycles. The molecule has 2 saturated heterocycles. The normalized spacial score (nSPS) is 17.3. The number of hydrogen-bond acceptors (Lipinski definition) is 7. The minimum Gasteiger partial charge on any atom is -0.444 e. The molecule has 1 amide bonds. The van der Waals surface area contributed by atoms with Gasteiger partial charge in [0.2, 0.25) is 0 Å². The summed E-state index contributed by atoms with van der Waals surface area (Å²) in [6.45, 7) is 10.5. The number of aromatic amines is 1. The molecular formula is C25H33N7O2. The number of ether oxygens (including phenoxy) is 1. The van der Waals surface area contributed by atoms with Gasteiger partial charge in [0.15, 0.2) is 11.6 Å². The summed E-state index contributed by atoms with van der Waals surface area (Å²) in [4.78, 5) is 36.8. The number of H-pyrrole nitrogens is 1. The van der Waals surface area contributed by atoms with Gasteiger partial charge in [0.05, 0.1) is 11.9 Å². The van der Waals surface area contributed by atoms with Gasteiger partial charge in [-0.3, -0.25) is 0 Å². The van der Waals surface area contributed by atoms with Gasteiger partial charge in [0.1, 0.15) is 11.2 Å². The molecule has 180 valence electrons. The average Bonchev–Trinajstić information content (AvgIpc) is 3.45. The van der Waals surface area contributed by atoms with Gasteiger partial charge in [-0.1, -0.05) is 0 Å². The molecule has 34 heavy (non-hydrogen) atoms. The Morgan fingerprint density at radius 3 is 2.50 bits per heavy atom. The summed E-state index contributed by atoms with van der Waals surface area (Å²) >= 11 is 0. The molecule has 0 aliphatic carbocycles. The van der Waals surface area contributed by atoms with Crippen LogP contribution in [0.15, 0.2) is 30.7 Å². The Morgan fingerprint density at radius 2 is 1.71 bits per heavy atom. The first-order valence-corrected chi connectivity index (χ1v) is 12.2. The van der Waals surface area contributed by atoms with Gasteiger partial charge in [-0.05, 0) is 52.2 Å². The Bertz CT molecular complexity index is 1160. The largest absolute Gasteiger partial charge is 0.444 e. The molecule has 1 N–H and O–H groups in total. The van der Waals surface area contributed by atoms with E-state index in [-0.39, 0.29) is 6.09 Å². The molecule has 3 aromatic heterocycles. The van der Waals surface area contributed by atoms with Crippen LogP contribution in [0.25, 0.3) is 22.3 Å². The Balaban J connectivity index is 1.46. The van der Waals surface area contributed by atoms with Crippen LogP contribution in [0, 0.1) is 0 Å². The first-order chi connectivity index (χ1) is 16.4. The van der Waals surface area contributed by atoms with Crippen LogP contribution >= 0.6 is 0 Å². The minimum atomic E-state index is -0.500. The number of carbonyl (C=O) groups excluding carboxylic acids is 1. The van der Waals surface area contributed by atoms with E-state index in [0.717, 1.165) is 60.0 Å². The third kappa shape index (κ3) is 4.64. The molecule has 0 spiro atoms. The van der Waals surface area contributed by atoms with Crippen LogP contribution in [0.1, 0.15) is 40.0 Å². The molecule has 2 aliphatic heterocycles. The molecule has 5 rings (SSSR count). The summed E-state index contributed by atoms with van der Waals surface area (Å²) in [5.41, 5.74) is 2.18. The van der Waals surface area contributed by atoms with E-state index >= 15 is 0 Å². The van der Waals surface area contributed by atoms with Crippen molar-refractivity contribution in [1.29, 1.82) is 0 Å². The van der Waals surface area contributed by atoms with Crippen molar-refractivity contribution in [2.45, 2.75) is 45.6 Å². The molecule has 0 unspecified atom stereocenters. The lowest BCUT2D eigenvalue weighted by molar-refractivity contribution is 0.0263. The van der Waals surface area contributed by atoms with E-state index in [1.165, 1.54) is 12.8 Å². The van der Waals surface area contributed by atoms with E-state index in [2.05, 4.69) is 19.8 Å². The Morgan fingerprint density at radius 1 is 0.941 bits per heavy atom. The van der Waals surface area contributed by atoms with Crippen molar-refractivity contribution in [2.24, 2.45) is 0 Å². The topological polar surface area (TPSA) is 90.5 Å². The predicted octanol–water partition coefficient (Wildman–Crippen LogP) is 4.07. The van der Waals surface area contributed by atoms with E-state index in [9.17, 15) is 4.79 Å². The summed E-state index contributed by atoms with van der Waals surface area (Å²) in [5.74, 6) is 1.83. The molecule has 0 saturated carbocycles. The maximum absolute atomic E-state index is 12.7. The van der Waals surface area contributed by atoms with E-state index in [1.54, 1.807) is 6.20 Å². The summed E-state index contributed by atoms with van der Waals surface area (Å²) in [6.07, 6.45) is 8.52. The predicted molar refractivity (Wildman–Crippen MR) is 133 cm³/mol. The number of rotatable bonds is 3. The van der Waals surface area contributed by atoms with Gasteiger partial charge in [-0.25, -0.2) is 19.7 Å². The standard InChI is InChI=1S/C25H33N7O2/c1-25(2,3)34-24(33)32-14-6-13-31(15-16-32)23-22(30-11-4-5-12-30)28-17-20(29-23)18-7-9-26-21-19(18)8-10-27-21/h7-10,17H,4-6,11-16H2,1-3H3,(H,26,27). The first-order valence-electron chi connectivity index (χ1n) is 12.2. The highest BCUT2D eigenvalue weighted by atomic mass is 16.6. The fourth-order valence-corrected chi connectivity index (χ4v) is 4.69. The number of aromatic nitrogens is 4. The second-order valence-electron chi connectivity index (χ2n) is 10.0. The lowest BCUT2D eigenvalue weighted by Crippen LogP contribution is -2.39. The fourth-order valence-electron chi connectivity index (χ4n) is 4.69. The maximum Gasteiger partial charge on any atom is 0.410 e. The van der Waals surface area contributed by atoms with Crippen molar-refractivity contribution in [3.8, 4) is 11.3 Å². The Kier molecular flexibility index (Phi) is 6.02. The molecule has 0 bridgehead atoms. The van der Waals surface area contributed by atoms with Crippen LogP contribution in [0.2, 0.25) is 0 Å². The van der Waals surface area contributed by atoms with Crippen LogP contribution < -0.4 is 9.80 Å². The third-order valence-electron chi connectivity index (χ3n) is 6.32. The van der Waals surface area contributed by atoms with Crippen molar-refractivity contribution in [1.82, 2.24) is 24.8 Å². The van der Waals surface area contributed by atoms with Crippen molar-refractivity contribution >= 4 is 28.8 Å². The van der Waals surface area contributed by atoms with Crippen molar-refractivity contribution in [2.75, 3.05) is 49.1 Å². The lowest BCUT2D eigenvalue weighted by atomic mass is 10.1. The van der Waals surface area contributed by atoms with Gasteiger partial charge >= 0.3 is 6.09 Å². The number of anilines is 2. The number of amides is 1. The Labute approximate surface area is 200 Å². The van der Waals surface area contributed by atoms with Crippen molar-refractivity contribution in [3.05, 3.63) is 30.7 Å². The quantitative estimate of drug-likeness (QED) is 0.626. The smallest absolute Gasteiger partial charge is 0.410 e. The molecule has 5 heterocycles. The van der Waals surface area contributed by atoms with E-state index in [0.29, 0.717) is 19.6 Å². The van der Waals surface area contributed by atoms with Crippen LogP contribution in [-0.4, -0.2) is 75.8 Å². The van der Waals surface area contributed by atoms with Crippen LogP contribution in [0.3, 0.4) is 0 Å². The molecule has 0 radical (unpaired) electrons. The number of nitrogens with one attached hydrogen (secondary N) is 1. The first kappa shape index (κ1) is 22.4. The average molecular weight is 464 g/mol. The minimum absolute atomic E-state index is 0.249. The SMILES string of the molecule is CC(C)(C)OC(=O)N1CCCN(c2nc(-c3ccnc4[nH]ccc34)cnc2N2CCCC2)CC1. The Hall–Kier alpha value is -3.36. The zero-order valence-electron chi connectivity index (χ0n) is 20.3. The summed E-state index contributed by atoms with van der Waals surface area (Å²) in [5, 5.41) is 1.03. The van der Waals surface area contributed by atoms with Crippen LogP contribution in [0.4, 0.5) is 16.4 Å². The summed E-state index contributed by atoms with van der Waals surface area (Å²) in [6, 6.07) is 4.02. The van der Waals surface area contributed by atoms with Gasteiger partial charge in [-0.2, -0.15) is 0 Å². The number of pyridine rings is 1. The fraction of sp³-hybridized carbons (Fsp3) is 0.520. The van der Waals surface area contributed by atoms with E-state index < -0.39 is 5.60 Å². The van der Waals surface area contributed by atoms with Crippen LogP contribution in [-0.2, 0) is 4.74 Å².